The number of amides is 1. The maximum Gasteiger partial charge on any atom is 0.418 e. The van der Waals surface area contributed by atoms with Crippen LogP contribution in [0.4, 0.5) is 17.6 Å². The zero-order valence-corrected chi connectivity index (χ0v) is 16.1. The topological polar surface area (TPSA) is 64.0 Å². The number of rotatable bonds is 6. The van der Waals surface area contributed by atoms with Crippen LogP contribution in [0.2, 0.25) is 0 Å². The second-order valence-corrected chi connectivity index (χ2v) is 6.78. The molecular weight excluding hydrogens is 402 g/mol. The van der Waals surface area contributed by atoms with Crippen LogP contribution in [0.5, 0.6) is 0 Å². The number of alkyl halides is 3. The molecule has 3 rings (SSSR count). The monoisotopic (exact) mass is 421 g/mol. The second-order valence-electron chi connectivity index (χ2n) is 6.78. The van der Waals surface area contributed by atoms with Crippen LogP contribution >= 0.6 is 0 Å². The van der Waals surface area contributed by atoms with Crippen molar-refractivity contribution in [1.82, 2.24) is 9.66 Å². The highest BCUT2D eigenvalue weighted by molar-refractivity contribution is 5.85. The van der Waals surface area contributed by atoms with E-state index in [1.54, 1.807) is 13.0 Å². The summed E-state index contributed by atoms with van der Waals surface area (Å²) in [6.07, 6.45) is -3.77. The SMILES string of the molecule is CCCc1nc2c(C(F)(F)F)cccc2c(=O)n1NC(=O)CCc1cccc(F)c1. The van der Waals surface area contributed by atoms with E-state index in [2.05, 4.69) is 10.4 Å². The minimum atomic E-state index is -4.66. The largest absolute Gasteiger partial charge is 0.418 e. The van der Waals surface area contributed by atoms with Crippen LogP contribution in [-0.2, 0) is 23.8 Å². The minimum absolute atomic E-state index is 0.0332. The summed E-state index contributed by atoms with van der Waals surface area (Å²) in [4.78, 5) is 29.3. The lowest BCUT2D eigenvalue weighted by molar-refractivity contribution is -0.136. The Kier molecular flexibility index (Phi) is 6.19. The van der Waals surface area contributed by atoms with Gasteiger partial charge in [-0.25, -0.2) is 14.1 Å². The molecule has 0 unspecified atom stereocenters. The van der Waals surface area contributed by atoms with Crippen molar-refractivity contribution in [3.8, 4) is 0 Å². The molecule has 3 aromatic rings. The predicted molar refractivity (Wildman–Crippen MR) is 104 cm³/mol. The van der Waals surface area contributed by atoms with Gasteiger partial charge < -0.3 is 0 Å². The number of para-hydroxylation sites is 1. The first-order valence-electron chi connectivity index (χ1n) is 9.37. The van der Waals surface area contributed by atoms with E-state index in [1.165, 1.54) is 24.3 Å². The van der Waals surface area contributed by atoms with Crippen molar-refractivity contribution in [3.05, 3.63) is 75.6 Å². The number of carbonyl (C=O) groups excluding carboxylic acids is 1. The molecule has 0 saturated heterocycles. The van der Waals surface area contributed by atoms with Crippen molar-refractivity contribution >= 4 is 16.8 Å². The number of aromatic nitrogens is 2. The predicted octanol–water partition coefficient (Wildman–Crippen LogP) is 4.21. The van der Waals surface area contributed by atoms with E-state index in [9.17, 15) is 27.2 Å². The maximum atomic E-state index is 13.3. The number of aryl methyl sites for hydroxylation is 2. The minimum Gasteiger partial charge on any atom is -0.273 e. The van der Waals surface area contributed by atoms with Gasteiger partial charge in [-0.1, -0.05) is 25.1 Å². The molecule has 30 heavy (non-hydrogen) atoms. The van der Waals surface area contributed by atoms with E-state index in [0.717, 1.165) is 16.8 Å². The van der Waals surface area contributed by atoms with Crippen LogP contribution in [0.15, 0.2) is 47.3 Å². The number of carbonyl (C=O) groups is 1. The van der Waals surface area contributed by atoms with Crippen molar-refractivity contribution in [1.29, 1.82) is 0 Å². The zero-order chi connectivity index (χ0) is 21.9. The fourth-order valence-corrected chi connectivity index (χ4v) is 3.12. The molecule has 0 fully saturated rings. The van der Waals surface area contributed by atoms with Crippen LogP contribution < -0.4 is 11.0 Å². The summed E-state index contributed by atoms with van der Waals surface area (Å²) < 4.78 is 54.1. The van der Waals surface area contributed by atoms with Crippen LogP contribution in [-0.4, -0.2) is 15.6 Å². The van der Waals surface area contributed by atoms with Crippen LogP contribution in [0, 0.1) is 5.82 Å². The summed E-state index contributed by atoms with van der Waals surface area (Å²) in [5.41, 5.74) is 0.810. The molecule has 0 aliphatic heterocycles. The van der Waals surface area contributed by atoms with Gasteiger partial charge in [-0.05, 0) is 42.7 Å². The molecule has 9 heteroatoms. The quantitative estimate of drug-likeness (QED) is 0.607. The van der Waals surface area contributed by atoms with Gasteiger partial charge in [-0.2, -0.15) is 13.2 Å². The highest BCUT2D eigenvalue weighted by Gasteiger charge is 2.34. The number of halogens is 4. The van der Waals surface area contributed by atoms with Gasteiger partial charge in [0, 0.05) is 12.8 Å². The van der Waals surface area contributed by atoms with Gasteiger partial charge in [-0.3, -0.25) is 15.0 Å². The Labute approximate surface area is 169 Å². The molecule has 0 aliphatic rings. The van der Waals surface area contributed by atoms with Crippen LogP contribution in [0.1, 0.15) is 36.7 Å². The van der Waals surface area contributed by atoms with Gasteiger partial charge in [0.1, 0.15) is 11.6 Å². The Morgan fingerprint density at radius 1 is 1.13 bits per heavy atom. The molecule has 5 nitrogen and oxygen atoms in total. The lowest BCUT2D eigenvalue weighted by Crippen LogP contribution is -2.36. The molecule has 0 bridgehead atoms. The summed E-state index contributed by atoms with van der Waals surface area (Å²) in [6.45, 7) is 1.78. The molecule has 0 atom stereocenters. The zero-order valence-electron chi connectivity index (χ0n) is 16.1. The number of hydrogen-bond acceptors (Lipinski definition) is 3. The first kappa shape index (κ1) is 21.5. The van der Waals surface area contributed by atoms with Gasteiger partial charge in [-0.15, -0.1) is 0 Å². The van der Waals surface area contributed by atoms with Gasteiger partial charge >= 0.3 is 6.18 Å². The third kappa shape index (κ3) is 4.67. The summed E-state index contributed by atoms with van der Waals surface area (Å²) in [7, 11) is 0. The summed E-state index contributed by atoms with van der Waals surface area (Å²) in [5.74, 6) is -0.925. The molecule has 1 heterocycles. The molecule has 2 aromatic carbocycles. The molecule has 0 spiro atoms. The third-order valence-corrected chi connectivity index (χ3v) is 4.51. The maximum absolute atomic E-state index is 13.3. The number of nitrogens with one attached hydrogen (secondary N) is 1. The van der Waals surface area contributed by atoms with Gasteiger partial charge in [0.15, 0.2) is 0 Å². The lowest BCUT2D eigenvalue weighted by atomic mass is 10.1. The smallest absolute Gasteiger partial charge is 0.273 e. The first-order valence-corrected chi connectivity index (χ1v) is 9.37. The number of benzene rings is 2. The highest BCUT2D eigenvalue weighted by Crippen LogP contribution is 2.33. The summed E-state index contributed by atoms with van der Waals surface area (Å²) in [5, 5.41) is -0.241. The van der Waals surface area contributed by atoms with Crippen molar-refractivity contribution in [2.75, 3.05) is 5.43 Å². The van der Waals surface area contributed by atoms with Crippen LogP contribution in [0.25, 0.3) is 10.9 Å². The van der Waals surface area contributed by atoms with E-state index < -0.39 is 34.5 Å². The number of hydrogen-bond donors (Lipinski definition) is 1. The molecule has 0 saturated carbocycles. The van der Waals surface area contributed by atoms with E-state index in [4.69, 9.17) is 0 Å². The van der Waals surface area contributed by atoms with Gasteiger partial charge in [0.25, 0.3) is 5.56 Å². The van der Waals surface area contributed by atoms with Crippen molar-refractivity contribution in [2.24, 2.45) is 0 Å². The van der Waals surface area contributed by atoms with Gasteiger partial charge in [0.05, 0.1) is 16.5 Å². The van der Waals surface area contributed by atoms with Crippen molar-refractivity contribution in [3.63, 3.8) is 0 Å². The Bertz CT molecular complexity index is 1140. The Morgan fingerprint density at radius 3 is 2.53 bits per heavy atom. The third-order valence-electron chi connectivity index (χ3n) is 4.51. The molecule has 0 aliphatic carbocycles. The molecular formula is C21H19F4N3O2. The van der Waals surface area contributed by atoms with Crippen LogP contribution in [0.3, 0.4) is 0 Å². The number of nitrogens with zero attached hydrogens (tertiary/aromatic N) is 2. The second kappa shape index (κ2) is 8.64. The Morgan fingerprint density at radius 2 is 1.87 bits per heavy atom. The Balaban J connectivity index is 1.94. The molecule has 1 aromatic heterocycles. The summed E-state index contributed by atoms with van der Waals surface area (Å²) in [6, 6.07) is 9.02. The summed E-state index contributed by atoms with van der Waals surface area (Å²) >= 11 is 0. The van der Waals surface area contributed by atoms with E-state index in [1.807, 2.05) is 0 Å². The van der Waals surface area contributed by atoms with Gasteiger partial charge in [0.2, 0.25) is 5.91 Å². The normalized spacial score (nSPS) is 11.6. The average molecular weight is 421 g/mol. The molecule has 0 radical (unpaired) electrons. The average Bonchev–Trinajstić information content (AvgIpc) is 2.68. The lowest BCUT2D eigenvalue weighted by Gasteiger charge is -2.16. The fraction of sp³-hybridized carbons (Fsp3) is 0.286. The highest BCUT2D eigenvalue weighted by atomic mass is 19.4. The van der Waals surface area contributed by atoms with E-state index in [-0.39, 0.29) is 30.5 Å². The molecule has 1 amide bonds. The fourth-order valence-electron chi connectivity index (χ4n) is 3.12. The standard InChI is InChI=1S/C21H19F4N3O2/c1-2-5-17-26-19-15(8-4-9-16(19)21(23,24)25)20(30)28(17)27-18(29)11-10-13-6-3-7-14(22)12-13/h3-4,6-9,12H,2,5,10-11H2,1H3,(H,27,29). The van der Waals surface area contributed by atoms with Crippen molar-refractivity contribution in [2.45, 2.75) is 38.8 Å². The first-order chi connectivity index (χ1) is 14.2. The van der Waals surface area contributed by atoms with Crippen molar-refractivity contribution < 1.29 is 22.4 Å². The number of fused-ring (bicyclic) bond motifs is 1. The molecule has 1 N–H and O–H groups in total. The molecule has 158 valence electrons. The van der Waals surface area contributed by atoms with E-state index in [0.29, 0.717) is 12.0 Å². The Hall–Kier alpha value is -3.23. The van der Waals surface area contributed by atoms with E-state index >= 15 is 0 Å².